The monoisotopic (exact) mass is 290 g/mol. The van der Waals surface area contributed by atoms with Crippen molar-refractivity contribution in [2.45, 2.75) is 38.6 Å². The summed E-state index contributed by atoms with van der Waals surface area (Å²) >= 11 is 0. The highest BCUT2D eigenvalue weighted by Crippen LogP contribution is 2.31. The molecule has 0 N–H and O–H groups in total. The molecule has 4 nitrogen and oxygen atoms in total. The predicted molar refractivity (Wildman–Crippen MR) is 77.0 cm³/mol. The number of ether oxygens (including phenoxy) is 1. The Kier molecular flexibility index (Phi) is 3.90. The lowest BCUT2D eigenvalue weighted by Gasteiger charge is -2.28. The van der Waals surface area contributed by atoms with Crippen molar-refractivity contribution in [3.05, 3.63) is 35.3 Å². The number of hydrogen-bond acceptors (Lipinski definition) is 3. The Morgan fingerprint density at radius 2 is 2.33 bits per heavy atom. The van der Waals surface area contributed by atoms with Crippen LogP contribution in [-0.2, 0) is 6.42 Å². The first-order chi connectivity index (χ1) is 10.2. The molecule has 0 atom stereocenters. The molecule has 1 aliphatic carbocycles. The van der Waals surface area contributed by atoms with Crippen molar-refractivity contribution in [3.8, 4) is 5.88 Å². The summed E-state index contributed by atoms with van der Waals surface area (Å²) < 4.78 is 18.0. The molecule has 112 valence electrons. The van der Waals surface area contributed by atoms with Crippen LogP contribution in [0.2, 0.25) is 0 Å². The molecule has 2 heterocycles. The Balaban J connectivity index is 1.72. The zero-order valence-electron chi connectivity index (χ0n) is 12.1. The van der Waals surface area contributed by atoms with E-state index in [1.807, 2.05) is 11.8 Å². The van der Waals surface area contributed by atoms with Crippen LogP contribution in [0, 0.1) is 0 Å². The molecule has 0 saturated heterocycles. The molecule has 3 rings (SSSR count). The molecule has 0 bridgehead atoms. The van der Waals surface area contributed by atoms with Gasteiger partial charge in [-0.1, -0.05) is 6.92 Å². The number of amides is 1. The summed E-state index contributed by atoms with van der Waals surface area (Å²) in [5.41, 5.74) is 2.06. The highest BCUT2D eigenvalue weighted by atomic mass is 19.1. The SMILES string of the molecule is CC/C(=C\F)COc1ccc2c(n1)CCN(C1CC1)C2=O. The van der Waals surface area contributed by atoms with Crippen LogP contribution in [-0.4, -0.2) is 35.0 Å². The Bertz CT molecular complexity index is 582. The van der Waals surface area contributed by atoms with E-state index in [0.29, 0.717) is 35.8 Å². The minimum atomic E-state index is 0.0794. The number of fused-ring (bicyclic) bond motifs is 1. The van der Waals surface area contributed by atoms with Crippen molar-refractivity contribution < 1.29 is 13.9 Å². The minimum Gasteiger partial charge on any atom is -0.473 e. The Hall–Kier alpha value is -1.91. The van der Waals surface area contributed by atoms with E-state index < -0.39 is 0 Å². The molecular formula is C16H19FN2O2. The lowest BCUT2D eigenvalue weighted by atomic mass is 10.0. The quantitative estimate of drug-likeness (QED) is 0.837. The summed E-state index contributed by atoms with van der Waals surface area (Å²) in [6.07, 6.45) is 4.18. The normalized spacial score (nSPS) is 18.7. The smallest absolute Gasteiger partial charge is 0.255 e. The van der Waals surface area contributed by atoms with E-state index in [1.165, 1.54) is 0 Å². The van der Waals surface area contributed by atoms with Gasteiger partial charge in [0.2, 0.25) is 5.88 Å². The molecule has 1 aromatic rings. The number of carbonyl (C=O) groups excluding carboxylic acids is 1. The first-order valence-corrected chi connectivity index (χ1v) is 7.44. The number of carbonyl (C=O) groups is 1. The molecule has 1 aliphatic heterocycles. The summed E-state index contributed by atoms with van der Waals surface area (Å²) in [6.45, 7) is 2.80. The number of halogens is 1. The van der Waals surface area contributed by atoms with Crippen molar-refractivity contribution in [1.29, 1.82) is 0 Å². The van der Waals surface area contributed by atoms with Gasteiger partial charge in [-0.15, -0.1) is 0 Å². The highest BCUT2D eigenvalue weighted by molar-refractivity contribution is 5.96. The topological polar surface area (TPSA) is 42.4 Å². The van der Waals surface area contributed by atoms with Gasteiger partial charge < -0.3 is 9.64 Å². The van der Waals surface area contributed by atoms with Crippen molar-refractivity contribution in [1.82, 2.24) is 9.88 Å². The van der Waals surface area contributed by atoms with Crippen LogP contribution in [0.15, 0.2) is 24.0 Å². The van der Waals surface area contributed by atoms with Crippen molar-refractivity contribution in [2.75, 3.05) is 13.2 Å². The second-order valence-corrected chi connectivity index (χ2v) is 5.53. The standard InChI is InChI=1S/C16H19FN2O2/c1-2-11(9-17)10-21-15-6-5-13-14(18-15)7-8-19(16(13)20)12-3-4-12/h5-6,9,12H,2-4,7-8,10H2,1H3/b11-9+. The van der Waals surface area contributed by atoms with Crippen molar-refractivity contribution >= 4 is 5.91 Å². The average Bonchev–Trinajstić information content (AvgIpc) is 3.33. The lowest BCUT2D eigenvalue weighted by molar-refractivity contribution is 0.0724. The van der Waals surface area contributed by atoms with Gasteiger partial charge in [0.25, 0.3) is 5.91 Å². The molecular weight excluding hydrogens is 271 g/mol. The number of rotatable bonds is 5. The van der Waals surface area contributed by atoms with Crippen LogP contribution < -0.4 is 4.74 Å². The Labute approximate surface area is 123 Å². The van der Waals surface area contributed by atoms with Gasteiger partial charge in [0.1, 0.15) is 6.61 Å². The fourth-order valence-corrected chi connectivity index (χ4v) is 2.54. The fourth-order valence-electron chi connectivity index (χ4n) is 2.54. The van der Waals surface area contributed by atoms with Crippen LogP contribution >= 0.6 is 0 Å². The third-order valence-electron chi connectivity index (χ3n) is 4.03. The lowest BCUT2D eigenvalue weighted by Crippen LogP contribution is -2.39. The molecule has 0 unspecified atom stereocenters. The largest absolute Gasteiger partial charge is 0.473 e. The molecule has 1 fully saturated rings. The second kappa shape index (κ2) is 5.84. The van der Waals surface area contributed by atoms with Crippen LogP contribution in [0.5, 0.6) is 5.88 Å². The van der Waals surface area contributed by atoms with E-state index >= 15 is 0 Å². The molecule has 1 saturated carbocycles. The molecule has 1 aromatic heterocycles. The van der Waals surface area contributed by atoms with Gasteiger partial charge in [-0.05, 0) is 30.9 Å². The first-order valence-electron chi connectivity index (χ1n) is 7.44. The van der Waals surface area contributed by atoms with Gasteiger partial charge >= 0.3 is 0 Å². The number of aromatic nitrogens is 1. The summed E-state index contributed by atoms with van der Waals surface area (Å²) in [6, 6.07) is 3.90. The molecule has 0 radical (unpaired) electrons. The number of hydrogen-bond donors (Lipinski definition) is 0. The van der Waals surface area contributed by atoms with E-state index in [2.05, 4.69) is 4.98 Å². The summed E-state index contributed by atoms with van der Waals surface area (Å²) in [5, 5.41) is 0. The Morgan fingerprint density at radius 1 is 1.52 bits per heavy atom. The predicted octanol–water partition coefficient (Wildman–Crippen LogP) is 2.88. The van der Waals surface area contributed by atoms with Gasteiger partial charge in [0.15, 0.2) is 0 Å². The van der Waals surface area contributed by atoms with Gasteiger partial charge in [-0.25, -0.2) is 9.37 Å². The maximum absolute atomic E-state index is 12.5. The minimum absolute atomic E-state index is 0.0794. The maximum Gasteiger partial charge on any atom is 0.255 e. The van der Waals surface area contributed by atoms with Crippen molar-refractivity contribution in [3.63, 3.8) is 0 Å². The summed E-state index contributed by atoms with van der Waals surface area (Å²) in [7, 11) is 0. The molecule has 1 amide bonds. The average molecular weight is 290 g/mol. The molecule has 0 spiro atoms. The number of nitrogens with zero attached hydrogens (tertiary/aromatic N) is 2. The molecule has 21 heavy (non-hydrogen) atoms. The Morgan fingerprint density at radius 3 is 3.00 bits per heavy atom. The van der Waals surface area contributed by atoms with E-state index in [0.717, 1.165) is 31.5 Å². The second-order valence-electron chi connectivity index (χ2n) is 5.53. The van der Waals surface area contributed by atoms with Crippen LogP contribution in [0.25, 0.3) is 0 Å². The summed E-state index contributed by atoms with van der Waals surface area (Å²) in [4.78, 5) is 18.7. The van der Waals surface area contributed by atoms with Gasteiger partial charge in [0.05, 0.1) is 17.6 Å². The van der Waals surface area contributed by atoms with E-state index in [1.54, 1.807) is 12.1 Å². The van der Waals surface area contributed by atoms with E-state index in [4.69, 9.17) is 4.74 Å². The van der Waals surface area contributed by atoms with E-state index in [9.17, 15) is 9.18 Å². The first kappa shape index (κ1) is 14.0. The van der Waals surface area contributed by atoms with Crippen LogP contribution in [0.4, 0.5) is 4.39 Å². The zero-order chi connectivity index (χ0) is 14.8. The molecule has 5 heteroatoms. The van der Waals surface area contributed by atoms with Gasteiger partial charge in [0, 0.05) is 25.1 Å². The fraction of sp³-hybridized carbons (Fsp3) is 0.500. The van der Waals surface area contributed by atoms with Gasteiger partial charge in [-0.3, -0.25) is 4.79 Å². The zero-order valence-corrected chi connectivity index (χ0v) is 12.1. The molecule has 2 aliphatic rings. The van der Waals surface area contributed by atoms with Crippen LogP contribution in [0.1, 0.15) is 42.2 Å². The third kappa shape index (κ3) is 2.91. The van der Waals surface area contributed by atoms with Crippen molar-refractivity contribution in [2.24, 2.45) is 0 Å². The highest BCUT2D eigenvalue weighted by Gasteiger charge is 2.36. The number of pyridine rings is 1. The maximum atomic E-state index is 12.5. The third-order valence-corrected chi connectivity index (χ3v) is 4.03. The molecule has 0 aromatic carbocycles. The van der Waals surface area contributed by atoms with Gasteiger partial charge in [-0.2, -0.15) is 0 Å². The summed E-state index contributed by atoms with van der Waals surface area (Å²) in [5.74, 6) is 0.532. The van der Waals surface area contributed by atoms with Crippen LogP contribution in [0.3, 0.4) is 0 Å². The van der Waals surface area contributed by atoms with E-state index in [-0.39, 0.29) is 12.5 Å².